The van der Waals surface area contributed by atoms with Crippen molar-refractivity contribution in [2.75, 3.05) is 26.1 Å². The first kappa shape index (κ1) is 19.1. The first-order valence-electron chi connectivity index (χ1n) is 8.36. The highest BCUT2D eigenvalue weighted by atomic mass is 16.5. The van der Waals surface area contributed by atoms with E-state index in [0.717, 1.165) is 0 Å². The molecule has 3 rings (SSSR count). The Morgan fingerprint density at radius 3 is 2.68 bits per heavy atom. The topological polar surface area (TPSA) is 107 Å². The van der Waals surface area contributed by atoms with Crippen LogP contribution in [-0.4, -0.2) is 37.8 Å². The monoisotopic (exact) mass is 385 g/mol. The molecule has 0 unspecified atom stereocenters. The number of ether oxygens (including phenoxy) is 3. The molecule has 0 fully saturated rings. The first-order valence-corrected chi connectivity index (χ1v) is 8.36. The number of hydrogen-bond acceptors (Lipinski definition) is 7. The van der Waals surface area contributed by atoms with Crippen molar-refractivity contribution in [3.8, 4) is 17.2 Å². The second-order valence-corrected chi connectivity index (χ2v) is 5.89. The molecule has 8 heteroatoms. The number of aromatic hydroxyl groups is 1. The summed E-state index contributed by atoms with van der Waals surface area (Å²) < 4.78 is 20.7. The predicted molar refractivity (Wildman–Crippen MR) is 101 cm³/mol. The van der Waals surface area contributed by atoms with E-state index in [1.54, 1.807) is 24.3 Å². The number of rotatable bonds is 7. The van der Waals surface area contributed by atoms with Crippen LogP contribution in [0.15, 0.2) is 47.1 Å². The number of fused-ring (bicyclic) bond motifs is 1. The molecule has 8 nitrogen and oxygen atoms in total. The lowest BCUT2D eigenvalue weighted by atomic mass is 10.1. The number of phenolic OH excluding ortho intramolecular Hbond substituents is 1. The summed E-state index contributed by atoms with van der Waals surface area (Å²) in [6.45, 7) is -0.449. The Balaban J connectivity index is 1.58. The number of carbonyl (C=O) groups excluding carboxylic acids is 2. The zero-order valence-corrected chi connectivity index (χ0v) is 15.4. The maximum absolute atomic E-state index is 12.1. The van der Waals surface area contributed by atoms with Crippen molar-refractivity contribution < 1.29 is 33.3 Å². The highest BCUT2D eigenvalue weighted by Crippen LogP contribution is 2.29. The van der Waals surface area contributed by atoms with Gasteiger partial charge in [0.2, 0.25) is 0 Å². The molecular formula is C20H19NO7. The number of nitrogens with one attached hydrogen (secondary N) is 1. The van der Waals surface area contributed by atoms with Gasteiger partial charge in [0.05, 0.1) is 32.6 Å². The summed E-state index contributed by atoms with van der Waals surface area (Å²) in [6, 6.07) is 9.57. The van der Waals surface area contributed by atoms with Crippen LogP contribution < -0.4 is 14.8 Å². The number of furan rings is 1. The van der Waals surface area contributed by atoms with Gasteiger partial charge in [0, 0.05) is 23.1 Å². The SMILES string of the molecule is COc1ccc(OC)c(NC(=O)COC(=O)Cc2coc3cc(O)ccc23)c1. The highest BCUT2D eigenvalue weighted by Gasteiger charge is 2.15. The molecule has 0 radical (unpaired) electrons. The Morgan fingerprint density at radius 2 is 1.93 bits per heavy atom. The molecule has 28 heavy (non-hydrogen) atoms. The van der Waals surface area contributed by atoms with Crippen LogP contribution in [0.25, 0.3) is 11.0 Å². The van der Waals surface area contributed by atoms with Gasteiger partial charge in [-0.05, 0) is 24.3 Å². The van der Waals surface area contributed by atoms with Gasteiger partial charge >= 0.3 is 5.97 Å². The second kappa shape index (κ2) is 8.34. The maximum Gasteiger partial charge on any atom is 0.310 e. The van der Waals surface area contributed by atoms with Crippen LogP contribution in [-0.2, 0) is 20.7 Å². The van der Waals surface area contributed by atoms with Gasteiger partial charge in [-0.25, -0.2) is 0 Å². The zero-order valence-electron chi connectivity index (χ0n) is 15.4. The van der Waals surface area contributed by atoms with E-state index in [2.05, 4.69) is 5.32 Å². The lowest BCUT2D eigenvalue weighted by molar-refractivity contribution is -0.146. The number of benzene rings is 2. The predicted octanol–water partition coefficient (Wildman–Crippen LogP) is 2.88. The van der Waals surface area contributed by atoms with Crippen molar-refractivity contribution in [2.45, 2.75) is 6.42 Å². The normalized spacial score (nSPS) is 10.5. The van der Waals surface area contributed by atoms with E-state index >= 15 is 0 Å². The van der Waals surface area contributed by atoms with Crippen LogP contribution >= 0.6 is 0 Å². The molecular weight excluding hydrogens is 366 g/mol. The van der Waals surface area contributed by atoms with Gasteiger partial charge in [0.25, 0.3) is 5.91 Å². The average Bonchev–Trinajstić information content (AvgIpc) is 3.08. The van der Waals surface area contributed by atoms with Gasteiger partial charge in [-0.1, -0.05) is 0 Å². The Bertz CT molecular complexity index is 1010. The molecule has 0 saturated carbocycles. The van der Waals surface area contributed by atoms with E-state index in [-0.39, 0.29) is 12.2 Å². The number of phenols is 1. The van der Waals surface area contributed by atoms with Crippen molar-refractivity contribution in [3.05, 3.63) is 48.2 Å². The number of anilines is 1. The summed E-state index contributed by atoms with van der Waals surface area (Å²) in [6.07, 6.45) is 1.36. The minimum absolute atomic E-state index is 0.0620. The van der Waals surface area contributed by atoms with Crippen molar-refractivity contribution >= 4 is 28.5 Å². The van der Waals surface area contributed by atoms with Gasteiger partial charge in [0.15, 0.2) is 6.61 Å². The minimum Gasteiger partial charge on any atom is -0.508 e. The van der Waals surface area contributed by atoms with E-state index < -0.39 is 18.5 Å². The fourth-order valence-corrected chi connectivity index (χ4v) is 2.66. The van der Waals surface area contributed by atoms with E-state index in [4.69, 9.17) is 18.6 Å². The maximum atomic E-state index is 12.1. The molecule has 1 amide bonds. The molecule has 1 aromatic heterocycles. The molecule has 0 aliphatic rings. The molecule has 0 atom stereocenters. The van der Waals surface area contributed by atoms with Gasteiger partial charge in [-0.3, -0.25) is 9.59 Å². The van der Waals surface area contributed by atoms with Crippen molar-refractivity contribution in [1.29, 1.82) is 0 Å². The standard InChI is InChI=1S/C20H19NO7/c1-25-14-4-6-17(26-2)16(9-14)21-19(23)11-28-20(24)7-12-10-27-18-8-13(22)3-5-15(12)18/h3-6,8-10,22H,7,11H2,1-2H3,(H,21,23). The molecule has 0 bridgehead atoms. The van der Waals surface area contributed by atoms with Gasteiger partial charge in [-0.15, -0.1) is 0 Å². The third kappa shape index (κ3) is 4.35. The third-order valence-corrected chi connectivity index (χ3v) is 4.02. The summed E-state index contributed by atoms with van der Waals surface area (Å²) in [4.78, 5) is 24.2. The highest BCUT2D eigenvalue weighted by molar-refractivity contribution is 5.95. The van der Waals surface area contributed by atoms with Crippen LogP contribution in [0.4, 0.5) is 5.69 Å². The Morgan fingerprint density at radius 1 is 1.11 bits per heavy atom. The number of esters is 1. The first-order chi connectivity index (χ1) is 13.5. The molecule has 3 aromatic rings. The number of amides is 1. The zero-order chi connectivity index (χ0) is 20.1. The van der Waals surface area contributed by atoms with Gasteiger partial charge in [-0.2, -0.15) is 0 Å². The number of carbonyl (C=O) groups is 2. The molecule has 0 aliphatic carbocycles. The molecule has 0 aliphatic heterocycles. The molecule has 0 saturated heterocycles. The lowest BCUT2D eigenvalue weighted by Crippen LogP contribution is -2.22. The van der Waals surface area contributed by atoms with Gasteiger partial charge < -0.3 is 29.1 Å². The Labute approximate surface area is 160 Å². The Kier molecular flexibility index (Phi) is 5.69. The van der Waals surface area contributed by atoms with Crippen molar-refractivity contribution in [2.24, 2.45) is 0 Å². The molecule has 0 spiro atoms. The van der Waals surface area contributed by atoms with E-state index in [1.807, 2.05) is 0 Å². The number of hydrogen-bond donors (Lipinski definition) is 2. The molecule has 2 N–H and O–H groups in total. The van der Waals surface area contributed by atoms with Crippen LogP contribution in [0, 0.1) is 0 Å². The molecule has 1 heterocycles. The molecule has 146 valence electrons. The lowest BCUT2D eigenvalue weighted by Gasteiger charge is -2.12. The van der Waals surface area contributed by atoms with Crippen molar-refractivity contribution in [1.82, 2.24) is 0 Å². The average molecular weight is 385 g/mol. The fourth-order valence-electron chi connectivity index (χ4n) is 2.66. The van der Waals surface area contributed by atoms with Crippen LogP contribution in [0.2, 0.25) is 0 Å². The van der Waals surface area contributed by atoms with Crippen LogP contribution in [0.1, 0.15) is 5.56 Å². The quantitative estimate of drug-likeness (QED) is 0.602. The van der Waals surface area contributed by atoms with Crippen LogP contribution in [0.3, 0.4) is 0 Å². The molecule has 2 aromatic carbocycles. The summed E-state index contributed by atoms with van der Waals surface area (Å²) in [5.41, 5.74) is 1.48. The van der Waals surface area contributed by atoms with Crippen molar-refractivity contribution in [3.63, 3.8) is 0 Å². The van der Waals surface area contributed by atoms with E-state index in [1.165, 1.54) is 32.6 Å². The van der Waals surface area contributed by atoms with Crippen LogP contribution in [0.5, 0.6) is 17.2 Å². The summed E-state index contributed by atoms with van der Waals surface area (Å²) in [5.74, 6) is -0.0226. The Hall–Kier alpha value is -3.68. The summed E-state index contributed by atoms with van der Waals surface area (Å²) in [7, 11) is 2.99. The fraction of sp³-hybridized carbons (Fsp3) is 0.200. The second-order valence-electron chi connectivity index (χ2n) is 5.89. The minimum atomic E-state index is -0.580. The smallest absolute Gasteiger partial charge is 0.310 e. The summed E-state index contributed by atoms with van der Waals surface area (Å²) in [5, 5.41) is 12.8. The largest absolute Gasteiger partial charge is 0.508 e. The number of methoxy groups -OCH3 is 2. The third-order valence-electron chi connectivity index (χ3n) is 4.02. The van der Waals surface area contributed by atoms with E-state index in [0.29, 0.717) is 33.7 Å². The summed E-state index contributed by atoms with van der Waals surface area (Å²) >= 11 is 0. The van der Waals surface area contributed by atoms with Gasteiger partial charge in [0.1, 0.15) is 22.8 Å². The van der Waals surface area contributed by atoms with E-state index in [9.17, 15) is 14.7 Å².